The number of nitrogens with one attached hydrogen (secondary N) is 1. The van der Waals surface area contributed by atoms with Gasteiger partial charge in [0.2, 0.25) is 5.91 Å². The van der Waals surface area contributed by atoms with Crippen LogP contribution in [0.2, 0.25) is 0 Å². The zero-order valence-electron chi connectivity index (χ0n) is 8.94. The molecule has 1 fully saturated rings. The van der Waals surface area contributed by atoms with Crippen molar-refractivity contribution in [1.82, 2.24) is 5.32 Å². The average Bonchev–Trinajstić information content (AvgIpc) is 2.12. The maximum atomic E-state index is 11.5. The Morgan fingerprint density at radius 2 is 2.14 bits per heavy atom. The van der Waals surface area contributed by atoms with Gasteiger partial charge in [0.25, 0.3) is 0 Å². The Balaban J connectivity index is 2.18. The Kier molecular flexibility index (Phi) is 4.73. The Bertz CT molecular complexity index is 184. The van der Waals surface area contributed by atoms with E-state index in [2.05, 4.69) is 12.2 Å². The van der Waals surface area contributed by atoms with E-state index in [1.54, 1.807) is 0 Å². The number of carbonyl (C=O) groups excluding carboxylic acids is 1. The molecule has 0 atom stereocenters. The molecule has 1 saturated carbocycles. The molecule has 1 aliphatic rings. The van der Waals surface area contributed by atoms with E-state index in [0.29, 0.717) is 12.3 Å². The molecule has 0 aromatic heterocycles. The fourth-order valence-electron chi connectivity index (χ4n) is 1.91. The van der Waals surface area contributed by atoms with Crippen molar-refractivity contribution in [3.05, 3.63) is 0 Å². The second kappa shape index (κ2) is 5.59. The summed E-state index contributed by atoms with van der Waals surface area (Å²) < 4.78 is 0. The lowest BCUT2D eigenvalue weighted by atomic mass is 9.75. The number of rotatable bonds is 6. The summed E-state index contributed by atoms with van der Waals surface area (Å²) in [4.78, 5) is 11.5. The number of amides is 1. The molecule has 1 N–H and O–H groups in total. The minimum absolute atomic E-state index is 0.151. The van der Waals surface area contributed by atoms with Gasteiger partial charge in [-0.15, -0.1) is 11.6 Å². The summed E-state index contributed by atoms with van der Waals surface area (Å²) in [5.74, 6) is 0.864. The van der Waals surface area contributed by atoms with Crippen molar-refractivity contribution in [2.24, 2.45) is 0 Å². The Labute approximate surface area is 91.4 Å². The summed E-state index contributed by atoms with van der Waals surface area (Å²) in [7, 11) is 0. The lowest BCUT2D eigenvalue weighted by Crippen LogP contribution is -2.52. The van der Waals surface area contributed by atoms with E-state index in [1.165, 1.54) is 6.42 Å². The van der Waals surface area contributed by atoms with Gasteiger partial charge in [-0.3, -0.25) is 4.79 Å². The molecule has 0 unspecified atom stereocenters. The molecule has 0 radical (unpaired) electrons. The van der Waals surface area contributed by atoms with Crippen molar-refractivity contribution >= 4 is 17.5 Å². The second-order valence-electron chi connectivity index (χ2n) is 4.18. The second-order valence-corrected chi connectivity index (χ2v) is 4.56. The van der Waals surface area contributed by atoms with Gasteiger partial charge in [0.1, 0.15) is 0 Å². The van der Waals surface area contributed by atoms with Gasteiger partial charge in [-0.1, -0.05) is 6.92 Å². The summed E-state index contributed by atoms with van der Waals surface area (Å²) in [5, 5.41) is 3.16. The van der Waals surface area contributed by atoms with Gasteiger partial charge in [0, 0.05) is 17.8 Å². The van der Waals surface area contributed by atoms with Crippen molar-refractivity contribution in [3.63, 3.8) is 0 Å². The zero-order valence-corrected chi connectivity index (χ0v) is 9.70. The van der Waals surface area contributed by atoms with Gasteiger partial charge >= 0.3 is 0 Å². The van der Waals surface area contributed by atoms with Crippen LogP contribution in [0.4, 0.5) is 0 Å². The third kappa shape index (κ3) is 3.16. The molecule has 0 aliphatic heterocycles. The molecule has 0 bridgehead atoms. The molecule has 14 heavy (non-hydrogen) atoms. The first-order valence-electron chi connectivity index (χ1n) is 5.59. The van der Waals surface area contributed by atoms with Crippen LogP contribution in [0.15, 0.2) is 0 Å². The number of halogens is 1. The highest BCUT2D eigenvalue weighted by Gasteiger charge is 2.35. The van der Waals surface area contributed by atoms with Crippen molar-refractivity contribution in [3.8, 4) is 0 Å². The van der Waals surface area contributed by atoms with Gasteiger partial charge in [-0.2, -0.15) is 0 Å². The van der Waals surface area contributed by atoms with E-state index in [1.807, 2.05) is 0 Å². The van der Waals surface area contributed by atoms with Crippen LogP contribution in [0.5, 0.6) is 0 Å². The summed E-state index contributed by atoms with van der Waals surface area (Å²) in [6.45, 7) is 2.15. The van der Waals surface area contributed by atoms with Gasteiger partial charge in [-0.25, -0.2) is 0 Å². The van der Waals surface area contributed by atoms with Crippen LogP contribution in [-0.2, 0) is 4.79 Å². The average molecular weight is 218 g/mol. The van der Waals surface area contributed by atoms with E-state index in [9.17, 15) is 4.79 Å². The van der Waals surface area contributed by atoms with Crippen LogP contribution in [0.1, 0.15) is 51.9 Å². The largest absolute Gasteiger partial charge is 0.351 e. The predicted molar refractivity (Wildman–Crippen MR) is 59.6 cm³/mol. The molecular weight excluding hydrogens is 198 g/mol. The van der Waals surface area contributed by atoms with Crippen LogP contribution < -0.4 is 5.32 Å². The van der Waals surface area contributed by atoms with Gasteiger partial charge < -0.3 is 5.32 Å². The number of hydrogen-bond donors (Lipinski definition) is 1. The molecule has 1 amide bonds. The predicted octanol–water partition coefficient (Wildman–Crippen LogP) is 2.84. The highest BCUT2D eigenvalue weighted by molar-refractivity contribution is 6.17. The van der Waals surface area contributed by atoms with Crippen LogP contribution in [-0.4, -0.2) is 17.3 Å². The quantitative estimate of drug-likeness (QED) is 0.538. The Hall–Kier alpha value is -0.240. The lowest BCUT2D eigenvalue weighted by Gasteiger charge is -2.42. The number of alkyl halides is 1. The summed E-state index contributed by atoms with van der Waals surface area (Å²) in [6.07, 6.45) is 7.12. The third-order valence-corrected chi connectivity index (χ3v) is 3.45. The topological polar surface area (TPSA) is 29.1 Å². The number of unbranched alkanes of at least 4 members (excludes halogenated alkanes) is 1. The van der Waals surface area contributed by atoms with E-state index in [0.717, 1.165) is 32.1 Å². The summed E-state index contributed by atoms with van der Waals surface area (Å²) in [6, 6.07) is 0. The molecule has 0 heterocycles. The highest BCUT2D eigenvalue weighted by Crippen LogP contribution is 2.34. The first kappa shape index (κ1) is 11.8. The van der Waals surface area contributed by atoms with Crippen molar-refractivity contribution in [1.29, 1.82) is 0 Å². The van der Waals surface area contributed by atoms with Crippen molar-refractivity contribution in [2.75, 3.05) is 5.88 Å². The van der Waals surface area contributed by atoms with Crippen LogP contribution in [0.3, 0.4) is 0 Å². The van der Waals surface area contributed by atoms with E-state index >= 15 is 0 Å². The maximum Gasteiger partial charge on any atom is 0.220 e. The SMILES string of the molecule is CCC1(NC(=O)CCCCCl)CCC1. The molecule has 1 rings (SSSR count). The fourth-order valence-corrected chi connectivity index (χ4v) is 2.10. The molecule has 0 aromatic carbocycles. The Morgan fingerprint density at radius 1 is 1.43 bits per heavy atom. The minimum Gasteiger partial charge on any atom is -0.351 e. The molecular formula is C11H20ClNO. The fraction of sp³-hybridized carbons (Fsp3) is 0.909. The molecule has 82 valence electrons. The first-order valence-corrected chi connectivity index (χ1v) is 6.13. The van der Waals surface area contributed by atoms with Crippen molar-refractivity contribution in [2.45, 2.75) is 57.4 Å². The molecule has 0 spiro atoms. The van der Waals surface area contributed by atoms with Gasteiger partial charge in [0.15, 0.2) is 0 Å². The number of hydrogen-bond acceptors (Lipinski definition) is 1. The summed E-state index contributed by atoms with van der Waals surface area (Å²) >= 11 is 5.55. The lowest BCUT2D eigenvalue weighted by molar-refractivity contribution is -0.124. The van der Waals surface area contributed by atoms with E-state index in [4.69, 9.17) is 11.6 Å². The molecule has 0 aromatic rings. The smallest absolute Gasteiger partial charge is 0.220 e. The highest BCUT2D eigenvalue weighted by atomic mass is 35.5. The monoisotopic (exact) mass is 217 g/mol. The standard InChI is InChI=1S/C11H20ClNO/c1-2-11(7-5-8-11)13-10(14)6-3-4-9-12/h2-9H2,1H3,(H,13,14). The van der Waals surface area contributed by atoms with Gasteiger partial charge in [0.05, 0.1) is 0 Å². The normalized spacial score (nSPS) is 18.7. The van der Waals surface area contributed by atoms with E-state index < -0.39 is 0 Å². The van der Waals surface area contributed by atoms with Crippen molar-refractivity contribution < 1.29 is 4.79 Å². The molecule has 0 saturated heterocycles. The molecule has 1 aliphatic carbocycles. The number of carbonyl (C=O) groups is 1. The van der Waals surface area contributed by atoms with E-state index in [-0.39, 0.29) is 11.4 Å². The molecule has 2 nitrogen and oxygen atoms in total. The van der Waals surface area contributed by atoms with Crippen LogP contribution in [0.25, 0.3) is 0 Å². The van der Waals surface area contributed by atoms with Crippen LogP contribution in [0, 0.1) is 0 Å². The van der Waals surface area contributed by atoms with Crippen LogP contribution >= 0.6 is 11.6 Å². The third-order valence-electron chi connectivity index (χ3n) is 3.18. The first-order chi connectivity index (χ1) is 6.72. The van der Waals surface area contributed by atoms with Gasteiger partial charge in [-0.05, 0) is 38.5 Å². The maximum absolute atomic E-state index is 11.5. The minimum atomic E-state index is 0.151. The summed E-state index contributed by atoms with van der Waals surface area (Å²) in [5.41, 5.74) is 0.151. The molecule has 3 heteroatoms. The Morgan fingerprint density at radius 3 is 2.57 bits per heavy atom. The zero-order chi connectivity index (χ0) is 10.4.